The van der Waals surface area contributed by atoms with E-state index in [-0.39, 0.29) is 6.42 Å². The van der Waals surface area contributed by atoms with Crippen molar-refractivity contribution < 1.29 is 24.3 Å². The van der Waals surface area contributed by atoms with E-state index >= 15 is 0 Å². The molecule has 0 rings (SSSR count). The van der Waals surface area contributed by atoms with E-state index in [1.165, 1.54) is 63.3 Å². The molecule has 0 saturated carbocycles. The van der Waals surface area contributed by atoms with Gasteiger partial charge in [0.1, 0.15) is 0 Å². The third kappa shape index (κ3) is 9.77. The van der Waals surface area contributed by atoms with Gasteiger partial charge in [-0.3, -0.25) is 9.59 Å². The Labute approximate surface area is 135 Å². The maximum absolute atomic E-state index is 9.99. The average molecular weight is 318 g/mol. The summed E-state index contributed by atoms with van der Waals surface area (Å²) in [6, 6.07) is 0. The van der Waals surface area contributed by atoms with Crippen LogP contribution >= 0.6 is 0 Å². The number of aliphatic carboxylic acids is 2. The Morgan fingerprint density at radius 1 is 0.727 bits per heavy atom. The molecule has 0 atom stereocenters. The molecule has 0 aliphatic carbocycles. The Bertz CT molecular complexity index is 262. The molecule has 0 radical (unpaired) electrons. The van der Waals surface area contributed by atoms with Crippen LogP contribution in [-0.2, 0) is 9.59 Å². The molecule has 5 heteroatoms. The SMILES string of the molecule is CCC(C(=O)O)C(=O)O.CCC[N+](CCC)(CCC)CCC. The van der Waals surface area contributed by atoms with Gasteiger partial charge in [-0.1, -0.05) is 34.6 Å². The van der Waals surface area contributed by atoms with E-state index in [2.05, 4.69) is 27.7 Å². The van der Waals surface area contributed by atoms with Gasteiger partial charge in [0.05, 0.1) is 26.2 Å². The molecule has 0 saturated heterocycles. The highest BCUT2D eigenvalue weighted by atomic mass is 16.4. The highest BCUT2D eigenvalue weighted by molar-refractivity contribution is 5.92. The molecule has 0 spiro atoms. The predicted molar refractivity (Wildman–Crippen MR) is 89.9 cm³/mol. The van der Waals surface area contributed by atoms with E-state index in [0.29, 0.717) is 0 Å². The molecule has 0 aliphatic rings. The van der Waals surface area contributed by atoms with E-state index in [4.69, 9.17) is 10.2 Å². The summed E-state index contributed by atoms with van der Waals surface area (Å²) in [5, 5.41) is 16.3. The molecule has 22 heavy (non-hydrogen) atoms. The summed E-state index contributed by atoms with van der Waals surface area (Å²) >= 11 is 0. The van der Waals surface area contributed by atoms with Crippen molar-refractivity contribution in [2.75, 3.05) is 26.2 Å². The van der Waals surface area contributed by atoms with Gasteiger partial charge in [-0.15, -0.1) is 0 Å². The van der Waals surface area contributed by atoms with Gasteiger partial charge >= 0.3 is 11.9 Å². The van der Waals surface area contributed by atoms with E-state index in [1.54, 1.807) is 0 Å². The number of hydrogen-bond acceptors (Lipinski definition) is 2. The lowest BCUT2D eigenvalue weighted by Gasteiger charge is -2.38. The van der Waals surface area contributed by atoms with E-state index in [0.717, 1.165) is 0 Å². The van der Waals surface area contributed by atoms with E-state index in [9.17, 15) is 9.59 Å². The Morgan fingerprint density at radius 2 is 1.00 bits per heavy atom. The first-order valence-electron chi connectivity index (χ1n) is 8.64. The highest BCUT2D eigenvalue weighted by Crippen LogP contribution is 2.12. The first-order chi connectivity index (χ1) is 10.3. The number of carboxylic acid groups (broad SMARTS) is 2. The van der Waals surface area contributed by atoms with Crippen molar-refractivity contribution >= 4 is 11.9 Å². The van der Waals surface area contributed by atoms with Gasteiger partial charge < -0.3 is 14.7 Å². The molecule has 132 valence electrons. The van der Waals surface area contributed by atoms with Crippen LogP contribution in [-0.4, -0.2) is 52.8 Å². The summed E-state index contributed by atoms with van der Waals surface area (Å²) < 4.78 is 1.38. The molecule has 0 unspecified atom stereocenters. The highest BCUT2D eigenvalue weighted by Gasteiger charge is 2.23. The van der Waals surface area contributed by atoms with Crippen LogP contribution in [0.4, 0.5) is 0 Å². The zero-order valence-electron chi connectivity index (χ0n) is 15.1. The number of quaternary nitrogens is 1. The number of carbonyl (C=O) groups is 2. The monoisotopic (exact) mass is 318 g/mol. The lowest BCUT2D eigenvalue weighted by molar-refractivity contribution is -0.928. The molecule has 0 aromatic heterocycles. The standard InChI is InChI=1S/C12H28N.C5H8O4/c1-5-9-13(10-6-2,11-7-3)12-8-4;1-2-3(4(6)7)5(8)9/h5-12H2,1-4H3;3H,2H2,1H3,(H,6,7)(H,8,9)/q+1;. The molecule has 0 fully saturated rings. The summed E-state index contributed by atoms with van der Waals surface area (Å²) in [5.74, 6) is -3.79. The Morgan fingerprint density at radius 3 is 1.09 bits per heavy atom. The third-order valence-corrected chi connectivity index (χ3v) is 3.80. The van der Waals surface area contributed by atoms with Crippen molar-refractivity contribution in [1.82, 2.24) is 0 Å². The Kier molecular flexibility index (Phi) is 14.3. The largest absolute Gasteiger partial charge is 0.481 e. The molecule has 0 aromatic carbocycles. The molecule has 0 aliphatic heterocycles. The first-order valence-corrected chi connectivity index (χ1v) is 8.64. The second-order valence-corrected chi connectivity index (χ2v) is 5.87. The number of nitrogens with zero attached hydrogens (tertiary/aromatic N) is 1. The van der Waals surface area contributed by atoms with Crippen LogP contribution < -0.4 is 0 Å². The molecule has 2 N–H and O–H groups in total. The molecule has 0 bridgehead atoms. The fraction of sp³-hybridized carbons (Fsp3) is 0.882. The molecule has 5 nitrogen and oxygen atoms in total. The smallest absolute Gasteiger partial charge is 0.317 e. The number of rotatable bonds is 11. The third-order valence-electron chi connectivity index (χ3n) is 3.80. The van der Waals surface area contributed by atoms with Crippen molar-refractivity contribution in [3.63, 3.8) is 0 Å². The fourth-order valence-electron chi connectivity index (χ4n) is 3.02. The minimum absolute atomic E-state index is 0.130. The van der Waals surface area contributed by atoms with E-state index in [1.807, 2.05) is 0 Å². The quantitative estimate of drug-likeness (QED) is 0.450. The Hall–Kier alpha value is -1.10. The lowest BCUT2D eigenvalue weighted by Crippen LogP contribution is -2.50. The zero-order chi connectivity index (χ0) is 17.6. The molecular formula is C17H36NO4+. The maximum atomic E-state index is 9.99. The number of carboxylic acids is 2. The van der Waals surface area contributed by atoms with Gasteiger partial charge in [0, 0.05) is 0 Å². The van der Waals surface area contributed by atoms with Gasteiger partial charge in [0.15, 0.2) is 5.92 Å². The minimum Gasteiger partial charge on any atom is -0.481 e. The van der Waals surface area contributed by atoms with Crippen molar-refractivity contribution in [2.45, 2.75) is 66.7 Å². The van der Waals surface area contributed by atoms with Gasteiger partial charge in [-0.25, -0.2) is 0 Å². The summed E-state index contributed by atoms with van der Waals surface area (Å²) in [6.45, 7) is 16.3. The van der Waals surface area contributed by atoms with Crippen LogP contribution in [0.15, 0.2) is 0 Å². The predicted octanol–water partition coefficient (Wildman–Crippen LogP) is 3.63. The van der Waals surface area contributed by atoms with Gasteiger partial charge in [-0.05, 0) is 32.1 Å². The lowest BCUT2D eigenvalue weighted by atomic mass is 10.1. The van der Waals surface area contributed by atoms with Crippen LogP contribution in [0, 0.1) is 5.92 Å². The first kappa shape index (κ1) is 23.2. The van der Waals surface area contributed by atoms with Crippen LogP contribution in [0.2, 0.25) is 0 Å². The second-order valence-electron chi connectivity index (χ2n) is 5.87. The van der Waals surface area contributed by atoms with Gasteiger partial charge in [0.25, 0.3) is 0 Å². The van der Waals surface area contributed by atoms with Crippen LogP contribution in [0.1, 0.15) is 66.7 Å². The van der Waals surface area contributed by atoms with Crippen LogP contribution in [0.25, 0.3) is 0 Å². The minimum atomic E-state index is -1.27. The summed E-state index contributed by atoms with van der Waals surface area (Å²) in [6.07, 6.45) is 5.46. The van der Waals surface area contributed by atoms with Crippen molar-refractivity contribution in [1.29, 1.82) is 0 Å². The molecule has 0 aromatic rings. The maximum Gasteiger partial charge on any atom is 0.317 e. The van der Waals surface area contributed by atoms with Crippen molar-refractivity contribution in [2.24, 2.45) is 5.92 Å². The van der Waals surface area contributed by atoms with Gasteiger partial charge in [0.2, 0.25) is 0 Å². The average Bonchev–Trinajstić information content (AvgIpc) is 2.40. The Balaban J connectivity index is 0. The summed E-state index contributed by atoms with van der Waals surface area (Å²) in [7, 11) is 0. The second kappa shape index (κ2) is 13.6. The summed E-state index contributed by atoms with van der Waals surface area (Å²) in [5.41, 5.74) is 0. The normalized spacial score (nSPS) is 11.0. The zero-order valence-corrected chi connectivity index (χ0v) is 15.1. The fourth-order valence-corrected chi connectivity index (χ4v) is 3.02. The molecular weight excluding hydrogens is 282 g/mol. The van der Waals surface area contributed by atoms with Crippen LogP contribution in [0.3, 0.4) is 0 Å². The number of hydrogen-bond donors (Lipinski definition) is 2. The molecule has 0 heterocycles. The summed E-state index contributed by atoms with van der Waals surface area (Å²) in [4.78, 5) is 20.0. The van der Waals surface area contributed by atoms with Crippen molar-refractivity contribution in [3.05, 3.63) is 0 Å². The van der Waals surface area contributed by atoms with E-state index < -0.39 is 17.9 Å². The molecule has 0 amide bonds. The van der Waals surface area contributed by atoms with Gasteiger partial charge in [-0.2, -0.15) is 0 Å². The topological polar surface area (TPSA) is 74.6 Å². The van der Waals surface area contributed by atoms with Crippen LogP contribution in [0.5, 0.6) is 0 Å². The van der Waals surface area contributed by atoms with Crippen molar-refractivity contribution in [3.8, 4) is 0 Å².